The summed E-state index contributed by atoms with van der Waals surface area (Å²) in [6.45, 7) is 0. The molecule has 5 heteroatoms. The Morgan fingerprint density at radius 2 is 1.50 bits per heavy atom. The molecule has 0 radical (unpaired) electrons. The Kier molecular flexibility index (Phi) is 4.03. The third kappa shape index (κ3) is 2.98. The first-order valence-corrected chi connectivity index (χ1v) is 8.16. The predicted octanol–water partition coefficient (Wildman–Crippen LogP) is 5.32. The normalized spacial score (nSPS) is 10.6. The second kappa shape index (κ2) is 6.64. The molecule has 0 spiro atoms. The van der Waals surface area contributed by atoms with Crippen LogP contribution in [-0.2, 0) is 0 Å². The van der Waals surface area contributed by atoms with Crippen LogP contribution in [0.25, 0.3) is 33.6 Å². The molecule has 0 aliphatic carbocycles. The first-order valence-electron chi connectivity index (χ1n) is 8.16. The van der Waals surface area contributed by atoms with E-state index in [2.05, 4.69) is 34.2 Å². The SMILES string of the molecule is O=[N+]([O-])c1ccc(-c2ccc(-c3ccccc3)cc2)c(-c2ncc[nH]2)c1. The van der Waals surface area contributed by atoms with Gasteiger partial charge < -0.3 is 4.98 Å². The van der Waals surface area contributed by atoms with Crippen molar-refractivity contribution >= 4 is 5.69 Å². The van der Waals surface area contributed by atoms with Crippen molar-refractivity contribution in [3.63, 3.8) is 0 Å². The molecular formula is C21H15N3O2. The summed E-state index contributed by atoms with van der Waals surface area (Å²) in [4.78, 5) is 18.0. The van der Waals surface area contributed by atoms with Gasteiger partial charge in [-0.25, -0.2) is 4.98 Å². The maximum absolute atomic E-state index is 11.1. The highest BCUT2D eigenvalue weighted by Gasteiger charge is 2.15. The molecule has 126 valence electrons. The van der Waals surface area contributed by atoms with Gasteiger partial charge in [0, 0.05) is 30.1 Å². The number of hydrogen-bond donors (Lipinski definition) is 1. The smallest absolute Gasteiger partial charge is 0.270 e. The lowest BCUT2D eigenvalue weighted by molar-refractivity contribution is -0.384. The van der Waals surface area contributed by atoms with E-state index in [0.717, 1.165) is 22.3 Å². The second-order valence-electron chi connectivity index (χ2n) is 5.87. The number of H-pyrrole nitrogens is 1. The molecule has 0 fully saturated rings. The fourth-order valence-electron chi connectivity index (χ4n) is 2.98. The minimum atomic E-state index is -0.394. The van der Waals surface area contributed by atoms with Gasteiger partial charge in [0.05, 0.1) is 4.92 Å². The molecule has 4 aromatic rings. The van der Waals surface area contributed by atoms with Gasteiger partial charge in [-0.15, -0.1) is 0 Å². The van der Waals surface area contributed by atoms with Crippen LogP contribution >= 0.6 is 0 Å². The number of rotatable bonds is 4. The zero-order valence-electron chi connectivity index (χ0n) is 13.8. The highest BCUT2D eigenvalue weighted by atomic mass is 16.6. The average molecular weight is 341 g/mol. The van der Waals surface area contributed by atoms with E-state index < -0.39 is 4.92 Å². The lowest BCUT2D eigenvalue weighted by Crippen LogP contribution is -1.92. The van der Waals surface area contributed by atoms with Gasteiger partial charge in [-0.3, -0.25) is 10.1 Å². The molecule has 0 saturated carbocycles. The summed E-state index contributed by atoms with van der Waals surface area (Å²) in [5.74, 6) is 0.607. The molecular weight excluding hydrogens is 326 g/mol. The van der Waals surface area contributed by atoms with Crippen LogP contribution in [0.15, 0.2) is 85.2 Å². The highest BCUT2D eigenvalue weighted by molar-refractivity contribution is 5.83. The van der Waals surface area contributed by atoms with Crippen molar-refractivity contribution in [1.82, 2.24) is 9.97 Å². The van der Waals surface area contributed by atoms with E-state index >= 15 is 0 Å². The maximum Gasteiger partial charge on any atom is 0.270 e. The summed E-state index contributed by atoms with van der Waals surface area (Å²) < 4.78 is 0. The van der Waals surface area contributed by atoms with E-state index in [1.54, 1.807) is 24.5 Å². The molecule has 1 aromatic heterocycles. The second-order valence-corrected chi connectivity index (χ2v) is 5.87. The van der Waals surface area contributed by atoms with E-state index in [1.165, 1.54) is 6.07 Å². The molecule has 0 amide bonds. The van der Waals surface area contributed by atoms with Gasteiger partial charge in [0.25, 0.3) is 5.69 Å². The quantitative estimate of drug-likeness (QED) is 0.403. The van der Waals surface area contributed by atoms with Crippen molar-refractivity contribution in [2.24, 2.45) is 0 Å². The van der Waals surface area contributed by atoms with Gasteiger partial charge in [-0.1, -0.05) is 54.6 Å². The summed E-state index contributed by atoms with van der Waals surface area (Å²) in [6, 6.07) is 23.1. The number of benzene rings is 3. The van der Waals surface area contributed by atoms with Crippen LogP contribution in [-0.4, -0.2) is 14.9 Å². The minimum absolute atomic E-state index is 0.0426. The van der Waals surface area contributed by atoms with Crippen LogP contribution in [0.1, 0.15) is 0 Å². The molecule has 3 aromatic carbocycles. The summed E-state index contributed by atoms with van der Waals surface area (Å²) in [7, 11) is 0. The number of hydrogen-bond acceptors (Lipinski definition) is 3. The van der Waals surface area contributed by atoms with Crippen LogP contribution in [0.5, 0.6) is 0 Å². The van der Waals surface area contributed by atoms with Crippen molar-refractivity contribution in [3.05, 3.63) is 95.3 Å². The predicted molar refractivity (Wildman–Crippen MR) is 102 cm³/mol. The third-order valence-electron chi connectivity index (χ3n) is 4.27. The fourth-order valence-corrected chi connectivity index (χ4v) is 2.98. The minimum Gasteiger partial charge on any atom is -0.345 e. The van der Waals surface area contributed by atoms with Crippen LogP contribution in [0, 0.1) is 10.1 Å². The Morgan fingerprint density at radius 3 is 2.15 bits per heavy atom. The molecule has 0 bridgehead atoms. The van der Waals surface area contributed by atoms with Crippen molar-refractivity contribution in [2.45, 2.75) is 0 Å². The number of nitro groups is 1. The first-order chi connectivity index (χ1) is 12.7. The number of imidazole rings is 1. The fraction of sp³-hybridized carbons (Fsp3) is 0. The Bertz CT molecular complexity index is 1040. The molecule has 4 rings (SSSR count). The molecule has 26 heavy (non-hydrogen) atoms. The number of non-ortho nitro benzene ring substituents is 1. The monoisotopic (exact) mass is 341 g/mol. The average Bonchev–Trinajstić information content (AvgIpc) is 3.23. The van der Waals surface area contributed by atoms with E-state index in [0.29, 0.717) is 11.4 Å². The highest BCUT2D eigenvalue weighted by Crippen LogP contribution is 2.34. The number of aromatic nitrogens is 2. The van der Waals surface area contributed by atoms with Crippen molar-refractivity contribution in [3.8, 4) is 33.6 Å². The molecule has 0 aliphatic heterocycles. The van der Waals surface area contributed by atoms with E-state index in [4.69, 9.17) is 0 Å². The zero-order valence-corrected chi connectivity index (χ0v) is 13.8. The molecule has 0 unspecified atom stereocenters. The Morgan fingerprint density at radius 1 is 0.808 bits per heavy atom. The third-order valence-corrected chi connectivity index (χ3v) is 4.27. The summed E-state index contributed by atoms with van der Waals surface area (Å²) in [5, 5.41) is 11.1. The molecule has 1 N–H and O–H groups in total. The van der Waals surface area contributed by atoms with E-state index in [-0.39, 0.29) is 5.69 Å². The first kappa shape index (κ1) is 15.8. The van der Waals surface area contributed by atoms with Crippen molar-refractivity contribution in [1.29, 1.82) is 0 Å². The van der Waals surface area contributed by atoms with Gasteiger partial charge in [-0.2, -0.15) is 0 Å². The zero-order chi connectivity index (χ0) is 17.9. The van der Waals surface area contributed by atoms with Crippen LogP contribution in [0.2, 0.25) is 0 Å². The lowest BCUT2D eigenvalue weighted by Gasteiger charge is -2.09. The Hall–Kier alpha value is -3.73. The van der Waals surface area contributed by atoms with Crippen LogP contribution in [0.3, 0.4) is 0 Å². The largest absolute Gasteiger partial charge is 0.345 e. The number of nitrogens with one attached hydrogen (secondary N) is 1. The standard InChI is InChI=1S/C21H15N3O2/c25-24(26)18-10-11-19(20(14-18)21-22-12-13-23-21)17-8-6-16(7-9-17)15-4-2-1-3-5-15/h1-14H,(H,22,23). The number of aromatic amines is 1. The van der Waals surface area contributed by atoms with Crippen molar-refractivity contribution in [2.75, 3.05) is 0 Å². The summed E-state index contributed by atoms with van der Waals surface area (Å²) in [6.07, 6.45) is 3.34. The number of nitrogens with zero attached hydrogens (tertiary/aromatic N) is 2. The van der Waals surface area contributed by atoms with Crippen LogP contribution in [0.4, 0.5) is 5.69 Å². The van der Waals surface area contributed by atoms with Gasteiger partial charge >= 0.3 is 0 Å². The maximum atomic E-state index is 11.1. The lowest BCUT2D eigenvalue weighted by atomic mass is 9.96. The molecule has 1 heterocycles. The van der Waals surface area contributed by atoms with Gasteiger partial charge in [0.1, 0.15) is 5.82 Å². The molecule has 5 nitrogen and oxygen atoms in total. The van der Waals surface area contributed by atoms with Gasteiger partial charge in [0.15, 0.2) is 0 Å². The number of nitro benzene ring substituents is 1. The molecule has 0 saturated heterocycles. The summed E-state index contributed by atoms with van der Waals surface area (Å²) in [5.41, 5.74) is 4.89. The topological polar surface area (TPSA) is 71.8 Å². The van der Waals surface area contributed by atoms with Gasteiger partial charge in [-0.05, 0) is 28.3 Å². The van der Waals surface area contributed by atoms with Crippen LogP contribution < -0.4 is 0 Å². The Balaban J connectivity index is 1.79. The van der Waals surface area contributed by atoms with E-state index in [1.807, 2.05) is 30.3 Å². The van der Waals surface area contributed by atoms with Gasteiger partial charge in [0.2, 0.25) is 0 Å². The van der Waals surface area contributed by atoms with Crippen molar-refractivity contribution < 1.29 is 4.92 Å². The Labute approximate surface area is 150 Å². The molecule has 0 aliphatic rings. The molecule has 0 atom stereocenters. The van der Waals surface area contributed by atoms with E-state index in [9.17, 15) is 10.1 Å². The summed E-state index contributed by atoms with van der Waals surface area (Å²) >= 11 is 0.